The molecule has 0 atom stereocenters. The van der Waals surface area contributed by atoms with Crippen LogP contribution in [0.25, 0.3) is 10.9 Å². The van der Waals surface area contributed by atoms with Crippen LogP contribution in [0.5, 0.6) is 0 Å². The van der Waals surface area contributed by atoms with Crippen LogP contribution in [0.4, 0.5) is 0 Å². The molecule has 4 heteroatoms. The highest BCUT2D eigenvalue weighted by molar-refractivity contribution is 5.97. The molecule has 124 valence electrons. The molecule has 0 aliphatic carbocycles. The van der Waals surface area contributed by atoms with Crippen molar-refractivity contribution in [2.75, 3.05) is 19.6 Å². The molecule has 2 heterocycles. The van der Waals surface area contributed by atoms with Crippen molar-refractivity contribution in [3.8, 4) is 0 Å². The van der Waals surface area contributed by atoms with Gasteiger partial charge in [0, 0.05) is 35.8 Å². The maximum atomic E-state index is 11.5. The number of hydrogen-bond donors (Lipinski definition) is 1. The van der Waals surface area contributed by atoms with Gasteiger partial charge in [-0.3, -0.25) is 4.79 Å². The van der Waals surface area contributed by atoms with E-state index >= 15 is 0 Å². The molecule has 0 saturated carbocycles. The van der Waals surface area contributed by atoms with Crippen LogP contribution in [-0.2, 0) is 6.54 Å². The van der Waals surface area contributed by atoms with Crippen molar-refractivity contribution in [1.82, 2.24) is 9.47 Å². The molecule has 23 heavy (non-hydrogen) atoms. The van der Waals surface area contributed by atoms with Gasteiger partial charge in [0.1, 0.15) is 0 Å². The van der Waals surface area contributed by atoms with Crippen molar-refractivity contribution in [3.05, 3.63) is 35.5 Å². The lowest BCUT2D eigenvalue weighted by Crippen LogP contribution is -2.32. The van der Waals surface area contributed by atoms with Gasteiger partial charge in [-0.2, -0.15) is 0 Å². The predicted molar refractivity (Wildman–Crippen MR) is 94.8 cm³/mol. The van der Waals surface area contributed by atoms with Crippen LogP contribution in [0.2, 0.25) is 0 Å². The summed E-state index contributed by atoms with van der Waals surface area (Å²) >= 11 is 0. The Morgan fingerprint density at radius 2 is 1.91 bits per heavy atom. The van der Waals surface area contributed by atoms with Crippen molar-refractivity contribution in [1.29, 1.82) is 0 Å². The van der Waals surface area contributed by atoms with Crippen LogP contribution < -0.4 is 5.73 Å². The highest BCUT2D eigenvalue weighted by Crippen LogP contribution is 2.28. The Bertz CT molecular complexity index is 696. The van der Waals surface area contributed by atoms with Crippen LogP contribution in [0.3, 0.4) is 0 Å². The molecule has 0 bridgehead atoms. The Labute approximate surface area is 138 Å². The minimum absolute atomic E-state index is 0.359. The Kier molecular flexibility index (Phi) is 4.71. The number of primary amides is 1. The fourth-order valence-corrected chi connectivity index (χ4v) is 3.55. The first-order valence-electron chi connectivity index (χ1n) is 8.71. The Morgan fingerprint density at radius 3 is 2.57 bits per heavy atom. The molecule has 4 nitrogen and oxygen atoms in total. The summed E-state index contributed by atoms with van der Waals surface area (Å²) in [4.78, 5) is 14.1. The van der Waals surface area contributed by atoms with Gasteiger partial charge >= 0.3 is 0 Å². The number of likely N-dealkylation sites (tertiary alicyclic amines) is 1. The van der Waals surface area contributed by atoms with E-state index in [1.807, 2.05) is 18.2 Å². The first-order valence-corrected chi connectivity index (χ1v) is 8.71. The van der Waals surface area contributed by atoms with Gasteiger partial charge in [-0.15, -0.1) is 0 Å². The maximum absolute atomic E-state index is 11.5. The molecule has 1 amide bonds. The SMILES string of the molecule is CC(C)c1cn(CCN2CCCCC2)c2cc(C(N)=O)ccc12. The lowest BCUT2D eigenvalue weighted by Gasteiger charge is -2.26. The molecule has 1 aromatic carbocycles. The average molecular weight is 313 g/mol. The van der Waals surface area contributed by atoms with E-state index in [4.69, 9.17) is 5.73 Å². The van der Waals surface area contributed by atoms with Gasteiger partial charge in [0.15, 0.2) is 0 Å². The summed E-state index contributed by atoms with van der Waals surface area (Å²) in [6.45, 7) is 8.89. The summed E-state index contributed by atoms with van der Waals surface area (Å²) in [6.07, 6.45) is 6.25. The minimum Gasteiger partial charge on any atom is -0.366 e. The summed E-state index contributed by atoms with van der Waals surface area (Å²) in [6, 6.07) is 5.83. The molecule has 3 rings (SSSR count). The molecule has 2 N–H and O–H groups in total. The summed E-state index contributed by atoms with van der Waals surface area (Å²) < 4.78 is 2.30. The van der Waals surface area contributed by atoms with E-state index in [0.717, 1.165) is 18.6 Å². The zero-order valence-corrected chi connectivity index (χ0v) is 14.2. The Morgan fingerprint density at radius 1 is 1.17 bits per heavy atom. The summed E-state index contributed by atoms with van der Waals surface area (Å²) in [5.74, 6) is 0.106. The smallest absolute Gasteiger partial charge is 0.248 e. The van der Waals surface area contributed by atoms with Crippen LogP contribution in [0, 0.1) is 0 Å². The van der Waals surface area contributed by atoms with E-state index in [9.17, 15) is 4.79 Å². The van der Waals surface area contributed by atoms with Crippen LogP contribution >= 0.6 is 0 Å². The molecule has 1 saturated heterocycles. The number of aromatic nitrogens is 1. The summed E-state index contributed by atoms with van der Waals surface area (Å²) in [5, 5.41) is 1.24. The van der Waals surface area contributed by atoms with Gasteiger partial charge in [-0.05, 0) is 49.5 Å². The molecule has 1 fully saturated rings. The molecule has 0 radical (unpaired) electrons. The second kappa shape index (κ2) is 6.75. The monoisotopic (exact) mass is 313 g/mol. The number of carbonyl (C=O) groups is 1. The molecule has 2 aromatic rings. The number of benzene rings is 1. The van der Waals surface area contributed by atoms with E-state index in [0.29, 0.717) is 11.5 Å². The third kappa shape index (κ3) is 3.42. The molecular weight excluding hydrogens is 286 g/mol. The topological polar surface area (TPSA) is 51.3 Å². The molecule has 0 unspecified atom stereocenters. The fraction of sp³-hybridized carbons (Fsp3) is 0.526. The van der Waals surface area contributed by atoms with Crippen LogP contribution in [0.1, 0.15) is 54.9 Å². The quantitative estimate of drug-likeness (QED) is 0.920. The number of rotatable bonds is 5. The van der Waals surface area contributed by atoms with E-state index in [-0.39, 0.29) is 5.91 Å². The second-order valence-electron chi connectivity index (χ2n) is 6.93. The maximum Gasteiger partial charge on any atom is 0.248 e. The van der Waals surface area contributed by atoms with Crippen molar-refractivity contribution >= 4 is 16.8 Å². The van der Waals surface area contributed by atoms with Gasteiger partial charge in [0.25, 0.3) is 0 Å². The molecular formula is C19H27N3O. The standard InChI is InChI=1S/C19H27N3O/c1-14(2)17-13-22(11-10-21-8-4-3-5-9-21)18-12-15(19(20)23)6-7-16(17)18/h6-7,12-14H,3-5,8-11H2,1-2H3,(H2,20,23). The van der Waals surface area contributed by atoms with Crippen LogP contribution in [0.15, 0.2) is 24.4 Å². The lowest BCUT2D eigenvalue weighted by atomic mass is 10.0. The second-order valence-corrected chi connectivity index (χ2v) is 6.93. The van der Waals surface area contributed by atoms with Crippen molar-refractivity contribution < 1.29 is 4.79 Å². The fourth-order valence-electron chi connectivity index (χ4n) is 3.55. The Hall–Kier alpha value is -1.81. The van der Waals surface area contributed by atoms with Crippen LogP contribution in [-0.4, -0.2) is 35.0 Å². The first-order chi connectivity index (χ1) is 11.1. The average Bonchev–Trinajstić information content (AvgIpc) is 2.92. The third-order valence-corrected chi connectivity index (χ3v) is 4.93. The highest BCUT2D eigenvalue weighted by atomic mass is 16.1. The summed E-state index contributed by atoms with van der Waals surface area (Å²) in [5.41, 5.74) is 8.51. The third-order valence-electron chi connectivity index (χ3n) is 4.93. The molecule has 1 aliphatic rings. The number of hydrogen-bond acceptors (Lipinski definition) is 2. The highest BCUT2D eigenvalue weighted by Gasteiger charge is 2.15. The molecule has 1 aromatic heterocycles. The largest absolute Gasteiger partial charge is 0.366 e. The number of amides is 1. The summed E-state index contributed by atoms with van der Waals surface area (Å²) in [7, 11) is 0. The number of carbonyl (C=O) groups excluding carboxylic acids is 1. The van der Waals surface area contributed by atoms with E-state index < -0.39 is 0 Å². The van der Waals surface area contributed by atoms with Gasteiger partial charge < -0.3 is 15.2 Å². The molecule has 0 spiro atoms. The normalized spacial score (nSPS) is 16.3. The number of nitrogens with two attached hydrogens (primary N) is 1. The van der Waals surface area contributed by atoms with Crippen molar-refractivity contribution in [3.63, 3.8) is 0 Å². The number of fused-ring (bicyclic) bond motifs is 1. The number of piperidine rings is 1. The van der Waals surface area contributed by atoms with E-state index in [2.05, 4.69) is 29.5 Å². The van der Waals surface area contributed by atoms with Gasteiger partial charge in [-0.25, -0.2) is 0 Å². The van der Waals surface area contributed by atoms with Gasteiger partial charge in [0.2, 0.25) is 5.91 Å². The zero-order valence-electron chi connectivity index (χ0n) is 14.2. The first kappa shape index (κ1) is 16.1. The predicted octanol–water partition coefficient (Wildman–Crippen LogP) is 3.35. The van der Waals surface area contributed by atoms with E-state index in [1.165, 1.54) is 43.3 Å². The van der Waals surface area contributed by atoms with Crippen molar-refractivity contribution in [2.45, 2.75) is 45.6 Å². The van der Waals surface area contributed by atoms with E-state index in [1.54, 1.807) is 0 Å². The van der Waals surface area contributed by atoms with Gasteiger partial charge in [-0.1, -0.05) is 26.3 Å². The Balaban J connectivity index is 1.90. The minimum atomic E-state index is -0.359. The molecule has 1 aliphatic heterocycles. The van der Waals surface area contributed by atoms with Gasteiger partial charge in [0.05, 0.1) is 0 Å². The zero-order chi connectivity index (χ0) is 16.4. The van der Waals surface area contributed by atoms with Crippen molar-refractivity contribution in [2.24, 2.45) is 5.73 Å². The lowest BCUT2D eigenvalue weighted by molar-refractivity contribution is 0.100. The number of nitrogens with zero attached hydrogens (tertiary/aromatic N) is 2.